The first-order valence-corrected chi connectivity index (χ1v) is 8.73. The predicted octanol–water partition coefficient (Wildman–Crippen LogP) is 4.89. The van der Waals surface area contributed by atoms with Crippen LogP contribution in [0.1, 0.15) is 42.7 Å². The molecule has 0 saturated carbocycles. The highest BCUT2D eigenvalue weighted by Crippen LogP contribution is 2.27. The summed E-state index contributed by atoms with van der Waals surface area (Å²) >= 11 is 0. The van der Waals surface area contributed by atoms with Crippen molar-refractivity contribution in [2.45, 2.75) is 38.0 Å². The van der Waals surface area contributed by atoms with Gasteiger partial charge in [-0.2, -0.15) is 0 Å². The molecule has 2 aromatic rings. The summed E-state index contributed by atoms with van der Waals surface area (Å²) in [5, 5.41) is 0. The van der Waals surface area contributed by atoms with E-state index in [1.807, 2.05) is 0 Å². The Bertz CT molecular complexity index is 526. The molecule has 1 fully saturated rings. The molecule has 0 radical (unpaired) electrons. The van der Waals surface area contributed by atoms with Gasteiger partial charge < -0.3 is 4.90 Å². The number of hydrogen-bond donors (Lipinski definition) is 0. The maximum atomic E-state index is 2.66. The lowest BCUT2D eigenvalue weighted by Gasteiger charge is -2.32. The van der Waals surface area contributed by atoms with E-state index in [2.05, 4.69) is 65.6 Å². The number of unbranched alkanes of at least 4 members (excludes halogenated alkanes) is 1. The maximum absolute atomic E-state index is 2.66. The van der Waals surface area contributed by atoms with Crippen LogP contribution in [0.5, 0.6) is 0 Å². The number of piperidine rings is 1. The molecular weight excluding hydrogens is 266 g/mol. The highest BCUT2D eigenvalue weighted by atomic mass is 15.1. The van der Waals surface area contributed by atoms with Crippen molar-refractivity contribution >= 4 is 0 Å². The van der Waals surface area contributed by atoms with E-state index in [4.69, 9.17) is 0 Å². The summed E-state index contributed by atoms with van der Waals surface area (Å²) < 4.78 is 0. The van der Waals surface area contributed by atoms with Crippen LogP contribution in [-0.4, -0.2) is 24.5 Å². The Balaban J connectivity index is 1.34. The molecule has 0 aromatic heterocycles. The van der Waals surface area contributed by atoms with Crippen molar-refractivity contribution in [3.8, 4) is 0 Å². The van der Waals surface area contributed by atoms with Gasteiger partial charge in [0.15, 0.2) is 0 Å². The van der Waals surface area contributed by atoms with Crippen LogP contribution in [0.2, 0.25) is 0 Å². The SMILES string of the molecule is c1ccc(CCCCN2CCC(c3ccccc3)CC2)cc1. The third kappa shape index (κ3) is 4.45. The zero-order valence-corrected chi connectivity index (χ0v) is 13.5. The molecule has 0 aliphatic carbocycles. The minimum absolute atomic E-state index is 0.779. The number of nitrogens with zero attached hydrogens (tertiary/aromatic N) is 1. The zero-order valence-electron chi connectivity index (χ0n) is 13.5. The number of likely N-dealkylation sites (tertiary alicyclic amines) is 1. The van der Waals surface area contributed by atoms with Crippen molar-refractivity contribution in [2.24, 2.45) is 0 Å². The van der Waals surface area contributed by atoms with Gasteiger partial charge in [-0.1, -0.05) is 60.7 Å². The molecule has 3 rings (SSSR count). The quantitative estimate of drug-likeness (QED) is 0.685. The van der Waals surface area contributed by atoms with Gasteiger partial charge in [0.2, 0.25) is 0 Å². The molecule has 22 heavy (non-hydrogen) atoms. The molecule has 1 aliphatic rings. The summed E-state index contributed by atoms with van der Waals surface area (Å²) in [6.07, 6.45) is 6.50. The van der Waals surface area contributed by atoms with Crippen LogP contribution in [0.4, 0.5) is 0 Å². The van der Waals surface area contributed by atoms with Crippen molar-refractivity contribution in [2.75, 3.05) is 19.6 Å². The minimum atomic E-state index is 0.779. The average molecular weight is 293 g/mol. The third-order valence-corrected chi connectivity index (χ3v) is 4.89. The van der Waals surface area contributed by atoms with Gasteiger partial charge in [0, 0.05) is 0 Å². The van der Waals surface area contributed by atoms with Gasteiger partial charge in [0.25, 0.3) is 0 Å². The van der Waals surface area contributed by atoms with Crippen molar-refractivity contribution in [3.63, 3.8) is 0 Å². The maximum Gasteiger partial charge on any atom is -0.00129 e. The lowest BCUT2D eigenvalue weighted by atomic mass is 9.89. The van der Waals surface area contributed by atoms with Gasteiger partial charge in [-0.25, -0.2) is 0 Å². The van der Waals surface area contributed by atoms with E-state index in [-0.39, 0.29) is 0 Å². The minimum Gasteiger partial charge on any atom is -0.303 e. The van der Waals surface area contributed by atoms with Crippen LogP contribution in [-0.2, 0) is 6.42 Å². The third-order valence-electron chi connectivity index (χ3n) is 4.89. The van der Waals surface area contributed by atoms with Crippen molar-refractivity contribution < 1.29 is 0 Å². The van der Waals surface area contributed by atoms with Crippen molar-refractivity contribution in [1.82, 2.24) is 4.90 Å². The Kier molecular flexibility index (Phi) is 5.66. The van der Waals surface area contributed by atoms with Gasteiger partial charge >= 0.3 is 0 Å². The number of rotatable bonds is 6. The largest absolute Gasteiger partial charge is 0.303 e. The fraction of sp³-hybridized carbons (Fsp3) is 0.429. The second kappa shape index (κ2) is 8.14. The van der Waals surface area contributed by atoms with Gasteiger partial charge in [0.1, 0.15) is 0 Å². The number of hydrogen-bond acceptors (Lipinski definition) is 1. The molecule has 0 bridgehead atoms. The Morgan fingerprint density at radius 2 is 1.41 bits per heavy atom. The second-order valence-corrected chi connectivity index (χ2v) is 6.47. The molecule has 1 heteroatoms. The van der Waals surface area contributed by atoms with E-state index >= 15 is 0 Å². The molecular formula is C21H27N. The lowest BCUT2D eigenvalue weighted by Crippen LogP contribution is -2.33. The van der Waals surface area contributed by atoms with Crippen LogP contribution in [0.15, 0.2) is 60.7 Å². The molecule has 116 valence electrons. The second-order valence-electron chi connectivity index (χ2n) is 6.47. The Morgan fingerprint density at radius 3 is 2.09 bits per heavy atom. The Labute approximate surface area is 135 Å². The summed E-state index contributed by atoms with van der Waals surface area (Å²) in [4.78, 5) is 2.66. The first-order chi connectivity index (χ1) is 10.9. The Hall–Kier alpha value is -1.60. The molecule has 2 aromatic carbocycles. The monoisotopic (exact) mass is 293 g/mol. The molecule has 1 aliphatic heterocycles. The summed E-state index contributed by atoms with van der Waals surface area (Å²) in [6, 6.07) is 21.9. The lowest BCUT2D eigenvalue weighted by molar-refractivity contribution is 0.209. The first-order valence-electron chi connectivity index (χ1n) is 8.73. The van der Waals surface area contributed by atoms with Crippen LogP contribution < -0.4 is 0 Å². The highest BCUT2D eigenvalue weighted by molar-refractivity contribution is 5.20. The van der Waals surface area contributed by atoms with Crippen molar-refractivity contribution in [1.29, 1.82) is 0 Å². The molecule has 1 heterocycles. The summed E-state index contributed by atoms with van der Waals surface area (Å²) in [6.45, 7) is 3.81. The fourth-order valence-electron chi connectivity index (χ4n) is 3.52. The standard InChI is InChI=1S/C21H27N/c1-3-9-19(10-4-1)11-7-8-16-22-17-14-21(15-18-22)20-12-5-2-6-13-20/h1-6,9-10,12-13,21H,7-8,11,14-18H2. The van der Waals surface area contributed by atoms with E-state index in [1.54, 1.807) is 0 Å². The fourth-order valence-corrected chi connectivity index (χ4v) is 3.52. The highest BCUT2D eigenvalue weighted by Gasteiger charge is 2.19. The van der Waals surface area contributed by atoms with Crippen molar-refractivity contribution in [3.05, 3.63) is 71.8 Å². The average Bonchev–Trinajstić information content (AvgIpc) is 2.61. The predicted molar refractivity (Wildman–Crippen MR) is 94.2 cm³/mol. The first kappa shape index (κ1) is 15.3. The molecule has 0 spiro atoms. The van der Waals surface area contributed by atoms with E-state index < -0.39 is 0 Å². The normalized spacial score (nSPS) is 16.7. The zero-order chi connectivity index (χ0) is 15.0. The van der Waals surface area contributed by atoms with E-state index in [9.17, 15) is 0 Å². The summed E-state index contributed by atoms with van der Waals surface area (Å²) in [5.41, 5.74) is 3.01. The molecule has 0 N–H and O–H groups in total. The molecule has 0 amide bonds. The Morgan fingerprint density at radius 1 is 0.773 bits per heavy atom. The molecule has 0 unspecified atom stereocenters. The summed E-state index contributed by atoms with van der Waals surface area (Å²) in [7, 11) is 0. The van der Waals surface area contributed by atoms with Crippen LogP contribution in [0, 0.1) is 0 Å². The molecule has 1 nitrogen and oxygen atoms in total. The van der Waals surface area contributed by atoms with Crippen LogP contribution >= 0.6 is 0 Å². The van der Waals surface area contributed by atoms with E-state index in [0.717, 1.165) is 5.92 Å². The van der Waals surface area contributed by atoms with E-state index in [0.29, 0.717) is 0 Å². The topological polar surface area (TPSA) is 3.24 Å². The number of aryl methyl sites for hydroxylation is 1. The van der Waals surface area contributed by atoms with Crippen LogP contribution in [0.3, 0.4) is 0 Å². The van der Waals surface area contributed by atoms with Gasteiger partial charge in [-0.05, 0) is 68.8 Å². The van der Waals surface area contributed by atoms with Gasteiger partial charge in [-0.3, -0.25) is 0 Å². The van der Waals surface area contributed by atoms with Gasteiger partial charge in [0.05, 0.1) is 0 Å². The number of benzene rings is 2. The van der Waals surface area contributed by atoms with Crippen LogP contribution in [0.25, 0.3) is 0 Å². The van der Waals surface area contributed by atoms with E-state index in [1.165, 1.54) is 62.9 Å². The summed E-state index contributed by atoms with van der Waals surface area (Å²) in [5.74, 6) is 0.779. The molecule has 1 saturated heterocycles. The molecule has 0 atom stereocenters. The van der Waals surface area contributed by atoms with Gasteiger partial charge in [-0.15, -0.1) is 0 Å². The smallest absolute Gasteiger partial charge is 0.00129 e.